The molecule has 2 saturated carbocycles. The molecule has 4 atom stereocenters. The molecule has 0 aromatic heterocycles. The third-order valence-electron chi connectivity index (χ3n) is 6.55. The maximum absolute atomic E-state index is 12.9. The molecule has 0 spiro atoms. The molecular formula is C20H27ClFN3O2. The summed E-state index contributed by atoms with van der Waals surface area (Å²) in [5, 5.41) is 2.84. The molecule has 7 heteroatoms. The lowest BCUT2D eigenvalue weighted by molar-refractivity contribution is -0.140. The largest absolute Gasteiger partial charge is 0.342 e. The molecule has 5 nitrogen and oxygen atoms in total. The van der Waals surface area contributed by atoms with Gasteiger partial charge in [0.25, 0.3) is 0 Å². The van der Waals surface area contributed by atoms with Crippen molar-refractivity contribution < 1.29 is 14.0 Å². The summed E-state index contributed by atoms with van der Waals surface area (Å²) in [5.41, 5.74) is 6.91. The fourth-order valence-corrected chi connectivity index (χ4v) is 5.05. The molecule has 2 bridgehead atoms. The second kappa shape index (κ2) is 8.15. The maximum atomic E-state index is 12.9. The third kappa shape index (κ3) is 3.97. The Morgan fingerprint density at radius 3 is 2.26 bits per heavy atom. The average molecular weight is 396 g/mol. The summed E-state index contributed by atoms with van der Waals surface area (Å²) in [6.45, 7) is 1.22. The van der Waals surface area contributed by atoms with E-state index >= 15 is 0 Å². The van der Waals surface area contributed by atoms with Gasteiger partial charge in [-0.2, -0.15) is 0 Å². The minimum absolute atomic E-state index is 0. The summed E-state index contributed by atoms with van der Waals surface area (Å²) in [6, 6.07) is 5.79. The summed E-state index contributed by atoms with van der Waals surface area (Å²) in [7, 11) is 0. The van der Waals surface area contributed by atoms with Crippen molar-refractivity contribution in [1.29, 1.82) is 0 Å². The normalized spacial score (nSPS) is 30.1. The highest BCUT2D eigenvalue weighted by atomic mass is 35.5. The van der Waals surface area contributed by atoms with Gasteiger partial charge >= 0.3 is 0 Å². The van der Waals surface area contributed by atoms with Crippen LogP contribution in [0, 0.1) is 29.5 Å². The lowest BCUT2D eigenvalue weighted by atomic mass is 9.83. The van der Waals surface area contributed by atoms with Crippen LogP contribution in [0.25, 0.3) is 0 Å². The van der Waals surface area contributed by atoms with Gasteiger partial charge < -0.3 is 16.0 Å². The molecule has 148 valence electrons. The maximum Gasteiger partial charge on any atom is 0.227 e. The third-order valence-corrected chi connectivity index (χ3v) is 6.55. The van der Waals surface area contributed by atoms with Gasteiger partial charge in [-0.1, -0.05) is 0 Å². The Morgan fingerprint density at radius 1 is 1.04 bits per heavy atom. The summed E-state index contributed by atoms with van der Waals surface area (Å²) in [6.07, 6.45) is 4.73. The monoisotopic (exact) mass is 395 g/mol. The number of hydrogen-bond donors (Lipinski definition) is 2. The molecule has 0 radical (unpaired) electrons. The number of nitrogens with one attached hydrogen (secondary N) is 1. The molecular weight excluding hydrogens is 369 g/mol. The number of carbonyl (C=O) groups is 2. The number of piperidine rings is 1. The molecule has 1 aromatic rings. The van der Waals surface area contributed by atoms with Crippen LogP contribution in [0.3, 0.4) is 0 Å². The molecule has 1 aromatic carbocycles. The van der Waals surface area contributed by atoms with Crippen LogP contribution in [-0.2, 0) is 9.59 Å². The predicted molar refractivity (Wildman–Crippen MR) is 104 cm³/mol. The van der Waals surface area contributed by atoms with E-state index in [-0.39, 0.29) is 47.9 Å². The smallest absolute Gasteiger partial charge is 0.227 e. The second-order valence-electron chi connectivity index (χ2n) is 8.03. The molecule has 1 aliphatic heterocycles. The molecule has 4 unspecified atom stereocenters. The molecule has 3 N–H and O–H groups in total. The SMILES string of the molecule is Cl.NC1C2CCC(C2)C1C(=O)N1CCC(C(=O)Nc2ccc(F)cc2)CC1. The molecule has 2 aliphatic carbocycles. The van der Waals surface area contributed by atoms with Crippen LogP contribution >= 0.6 is 12.4 Å². The summed E-state index contributed by atoms with van der Waals surface area (Å²) < 4.78 is 12.9. The highest BCUT2D eigenvalue weighted by Gasteiger charge is 2.50. The van der Waals surface area contributed by atoms with Gasteiger partial charge in [0.05, 0.1) is 5.92 Å². The van der Waals surface area contributed by atoms with E-state index in [4.69, 9.17) is 5.73 Å². The first kappa shape index (κ1) is 20.1. The van der Waals surface area contributed by atoms with Gasteiger partial charge in [-0.15, -0.1) is 12.4 Å². The van der Waals surface area contributed by atoms with E-state index in [1.807, 2.05) is 4.90 Å². The molecule has 27 heavy (non-hydrogen) atoms. The first-order valence-electron chi connectivity index (χ1n) is 9.63. The standard InChI is InChI=1S/C20H26FN3O2.ClH/c21-15-3-5-16(6-4-15)23-19(25)12-7-9-24(10-8-12)20(26)17-13-1-2-14(11-13)18(17)22;/h3-6,12-14,17-18H,1-2,7-11,22H2,(H,23,25);1H. The van der Waals surface area contributed by atoms with Crippen molar-refractivity contribution in [2.75, 3.05) is 18.4 Å². The van der Waals surface area contributed by atoms with Gasteiger partial charge in [0.15, 0.2) is 0 Å². The van der Waals surface area contributed by atoms with E-state index < -0.39 is 0 Å². The molecule has 3 fully saturated rings. The van der Waals surface area contributed by atoms with Crippen molar-refractivity contribution in [2.45, 2.75) is 38.1 Å². The van der Waals surface area contributed by atoms with Crippen molar-refractivity contribution in [3.05, 3.63) is 30.1 Å². The fraction of sp³-hybridized carbons (Fsp3) is 0.600. The lowest BCUT2D eigenvalue weighted by Gasteiger charge is -2.36. The van der Waals surface area contributed by atoms with Crippen LogP contribution in [-0.4, -0.2) is 35.8 Å². The molecule has 1 saturated heterocycles. The number of fused-ring (bicyclic) bond motifs is 2. The Morgan fingerprint density at radius 2 is 1.67 bits per heavy atom. The van der Waals surface area contributed by atoms with Crippen molar-refractivity contribution in [2.24, 2.45) is 29.4 Å². The fourth-order valence-electron chi connectivity index (χ4n) is 5.05. The number of nitrogens with zero attached hydrogens (tertiary/aromatic N) is 1. The number of hydrogen-bond acceptors (Lipinski definition) is 3. The minimum atomic E-state index is -0.325. The van der Waals surface area contributed by atoms with Crippen molar-refractivity contribution in [3.63, 3.8) is 0 Å². The molecule has 3 aliphatic rings. The Bertz CT molecular complexity index is 689. The first-order chi connectivity index (χ1) is 12.5. The van der Waals surface area contributed by atoms with E-state index in [9.17, 15) is 14.0 Å². The van der Waals surface area contributed by atoms with E-state index in [0.717, 1.165) is 12.8 Å². The number of nitrogens with two attached hydrogens (primary N) is 1. The molecule has 4 rings (SSSR count). The number of rotatable bonds is 3. The highest BCUT2D eigenvalue weighted by molar-refractivity contribution is 5.92. The minimum Gasteiger partial charge on any atom is -0.342 e. The Labute approximate surface area is 165 Å². The number of anilines is 1. The number of amides is 2. The summed E-state index contributed by atoms with van der Waals surface area (Å²) in [5.74, 6) is 0.669. The van der Waals surface area contributed by atoms with Gasteiger partial charge in [-0.25, -0.2) is 4.39 Å². The van der Waals surface area contributed by atoms with Gasteiger partial charge in [-0.05, 0) is 68.2 Å². The molecule has 2 amide bonds. The highest BCUT2D eigenvalue weighted by Crippen LogP contribution is 2.48. The van der Waals surface area contributed by atoms with E-state index in [1.54, 1.807) is 12.1 Å². The van der Waals surface area contributed by atoms with Crippen LogP contribution in [0.5, 0.6) is 0 Å². The second-order valence-corrected chi connectivity index (χ2v) is 8.03. The van der Waals surface area contributed by atoms with E-state index in [1.165, 1.54) is 18.6 Å². The van der Waals surface area contributed by atoms with Crippen LogP contribution in [0.15, 0.2) is 24.3 Å². The number of halogens is 2. The Hall–Kier alpha value is -1.66. The number of likely N-dealkylation sites (tertiary alicyclic amines) is 1. The van der Waals surface area contributed by atoms with E-state index in [2.05, 4.69) is 5.32 Å². The van der Waals surface area contributed by atoms with Crippen LogP contribution in [0.1, 0.15) is 32.1 Å². The predicted octanol–water partition coefficient (Wildman–Crippen LogP) is 2.80. The van der Waals surface area contributed by atoms with Crippen LogP contribution in [0.4, 0.5) is 10.1 Å². The van der Waals surface area contributed by atoms with Gasteiger partial charge in [0.1, 0.15) is 5.82 Å². The number of carbonyl (C=O) groups excluding carboxylic acids is 2. The zero-order valence-corrected chi connectivity index (χ0v) is 16.1. The topological polar surface area (TPSA) is 75.4 Å². The summed E-state index contributed by atoms with van der Waals surface area (Å²) in [4.78, 5) is 27.2. The zero-order valence-electron chi connectivity index (χ0n) is 15.3. The number of benzene rings is 1. The lowest BCUT2D eigenvalue weighted by Crippen LogP contribution is -2.50. The Balaban J connectivity index is 0.00000210. The first-order valence-corrected chi connectivity index (χ1v) is 9.63. The average Bonchev–Trinajstić information content (AvgIpc) is 3.24. The quantitative estimate of drug-likeness (QED) is 0.826. The van der Waals surface area contributed by atoms with E-state index in [0.29, 0.717) is 43.5 Å². The van der Waals surface area contributed by atoms with Gasteiger partial charge in [0, 0.05) is 30.7 Å². The summed E-state index contributed by atoms with van der Waals surface area (Å²) >= 11 is 0. The molecule has 1 heterocycles. The van der Waals surface area contributed by atoms with Crippen molar-refractivity contribution in [3.8, 4) is 0 Å². The van der Waals surface area contributed by atoms with Crippen molar-refractivity contribution in [1.82, 2.24) is 4.90 Å². The van der Waals surface area contributed by atoms with Crippen molar-refractivity contribution >= 4 is 29.9 Å². The Kier molecular flexibility index (Phi) is 6.06. The zero-order chi connectivity index (χ0) is 18.3. The van der Waals surface area contributed by atoms with Crippen LogP contribution in [0.2, 0.25) is 0 Å². The van der Waals surface area contributed by atoms with Crippen LogP contribution < -0.4 is 11.1 Å². The van der Waals surface area contributed by atoms with Gasteiger partial charge in [0.2, 0.25) is 11.8 Å². The van der Waals surface area contributed by atoms with Gasteiger partial charge in [-0.3, -0.25) is 9.59 Å².